The van der Waals surface area contributed by atoms with Crippen molar-refractivity contribution in [2.75, 3.05) is 0 Å². The molecule has 13 heavy (non-hydrogen) atoms. The van der Waals surface area contributed by atoms with Gasteiger partial charge in [-0.15, -0.1) is 0 Å². The summed E-state index contributed by atoms with van der Waals surface area (Å²) in [7, 11) is 0. The van der Waals surface area contributed by atoms with E-state index >= 15 is 0 Å². The van der Waals surface area contributed by atoms with E-state index in [1.54, 1.807) is 6.92 Å². The number of carbonyl (C=O) groups is 1. The number of ether oxygens (including phenoxy) is 1. The van der Waals surface area contributed by atoms with E-state index in [2.05, 4.69) is 0 Å². The third-order valence-electron chi connectivity index (χ3n) is 1.56. The van der Waals surface area contributed by atoms with Gasteiger partial charge in [0.15, 0.2) is 0 Å². The summed E-state index contributed by atoms with van der Waals surface area (Å²) in [5.74, 6) is 0. The highest BCUT2D eigenvalue weighted by atomic mass is 16.6. The molecule has 0 radical (unpaired) electrons. The smallest absolute Gasteiger partial charge is 0.405 e. The van der Waals surface area contributed by atoms with E-state index in [4.69, 9.17) is 10.5 Å². The third kappa shape index (κ3) is 3.60. The Hall–Kier alpha value is -1.51. The lowest BCUT2D eigenvalue weighted by atomic mass is 10.1. The number of nitrogens with two attached hydrogens (primary N) is 1. The molecule has 0 bridgehead atoms. The Morgan fingerprint density at radius 3 is 2.38 bits per heavy atom. The number of primary amides is 1. The van der Waals surface area contributed by atoms with Crippen LogP contribution in [0, 0.1) is 0 Å². The molecule has 72 valence electrons. The first-order chi connectivity index (χ1) is 5.70. The Balaban J connectivity index is 0.00000144. The molecule has 0 aliphatic heterocycles. The molecule has 1 rings (SSSR count). The topological polar surface area (TPSA) is 52.3 Å². The monoisotopic (exact) mass is 181 g/mol. The molecular formula is C10H15NO2. The van der Waals surface area contributed by atoms with Crippen LogP contribution in [-0.4, -0.2) is 6.09 Å². The van der Waals surface area contributed by atoms with Crippen molar-refractivity contribution in [1.29, 1.82) is 0 Å². The van der Waals surface area contributed by atoms with Crippen molar-refractivity contribution in [2.45, 2.75) is 20.5 Å². The van der Waals surface area contributed by atoms with Gasteiger partial charge in [0.25, 0.3) is 0 Å². The van der Waals surface area contributed by atoms with Crippen LogP contribution in [-0.2, 0) is 4.74 Å². The summed E-state index contributed by atoms with van der Waals surface area (Å²) >= 11 is 0. The van der Waals surface area contributed by atoms with Crippen LogP contribution in [0.5, 0.6) is 0 Å². The Morgan fingerprint density at radius 1 is 1.38 bits per heavy atom. The molecule has 1 aromatic carbocycles. The fourth-order valence-corrected chi connectivity index (χ4v) is 0.966. The van der Waals surface area contributed by atoms with Crippen molar-refractivity contribution in [2.24, 2.45) is 5.73 Å². The van der Waals surface area contributed by atoms with E-state index in [0.29, 0.717) is 0 Å². The van der Waals surface area contributed by atoms with Crippen molar-refractivity contribution in [1.82, 2.24) is 0 Å². The minimum absolute atomic E-state index is 0. The summed E-state index contributed by atoms with van der Waals surface area (Å²) in [5, 5.41) is 0. The molecule has 0 aliphatic rings. The van der Waals surface area contributed by atoms with Crippen LogP contribution in [0.4, 0.5) is 4.79 Å². The number of amides is 1. The predicted molar refractivity (Wildman–Crippen MR) is 52.3 cm³/mol. The van der Waals surface area contributed by atoms with Crippen LogP contribution >= 0.6 is 0 Å². The normalized spacial score (nSPS) is 11.2. The van der Waals surface area contributed by atoms with Gasteiger partial charge in [0.1, 0.15) is 6.10 Å². The van der Waals surface area contributed by atoms with E-state index < -0.39 is 6.09 Å². The summed E-state index contributed by atoms with van der Waals surface area (Å²) in [6.45, 7) is 1.78. The quantitative estimate of drug-likeness (QED) is 0.762. The first-order valence-electron chi connectivity index (χ1n) is 3.71. The Labute approximate surface area is 78.5 Å². The molecule has 1 unspecified atom stereocenters. The van der Waals surface area contributed by atoms with Gasteiger partial charge in [-0.3, -0.25) is 0 Å². The van der Waals surface area contributed by atoms with E-state index in [-0.39, 0.29) is 13.5 Å². The largest absolute Gasteiger partial charge is 0.442 e. The lowest BCUT2D eigenvalue weighted by Gasteiger charge is -2.10. The van der Waals surface area contributed by atoms with Crippen LogP contribution in [0.15, 0.2) is 30.3 Å². The van der Waals surface area contributed by atoms with Gasteiger partial charge in [0.05, 0.1) is 0 Å². The highest BCUT2D eigenvalue weighted by molar-refractivity contribution is 5.64. The predicted octanol–water partition coefficient (Wildman–Crippen LogP) is 2.48. The van der Waals surface area contributed by atoms with Gasteiger partial charge < -0.3 is 10.5 Å². The van der Waals surface area contributed by atoms with Gasteiger partial charge in [-0.05, 0) is 12.5 Å². The first kappa shape index (κ1) is 11.5. The number of carbonyl (C=O) groups excluding carboxylic acids is 1. The lowest BCUT2D eigenvalue weighted by molar-refractivity contribution is 0.116. The molecule has 1 atom stereocenters. The second-order valence-electron chi connectivity index (χ2n) is 2.49. The molecule has 0 saturated heterocycles. The molecule has 3 heteroatoms. The molecule has 0 aliphatic carbocycles. The minimum atomic E-state index is -0.744. The van der Waals surface area contributed by atoms with Crippen molar-refractivity contribution in [3.05, 3.63) is 35.9 Å². The zero-order chi connectivity index (χ0) is 8.97. The van der Waals surface area contributed by atoms with Crippen LogP contribution in [0.25, 0.3) is 0 Å². The summed E-state index contributed by atoms with van der Waals surface area (Å²) in [6, 6.07) is 9.44. The molecule has 0 aromatic heterocycles. The fourth-order valence-electron chi connectivity index (χ4n) is 0.966. The number of hydrogen-bond acceptors (Lipinski definition) is 2. The van der Waals surface area contributed by atoms with Crippen molar-refractivity contribution in [3.63, 3.8) is 0 Å². The van der Waals surface area contributed by atoms with Gasteiger partial charge in [-0.25, -0.2) is 4.79 Å². The van der Waals surface area contributed by atoms with Crippen LogP contribution in [0.2, 0.25) is 0 Å². The molecule has 0 fully saturated rings. The molecule has 0 saturated carbocycles. The summed E-state index contributed by atoms with van der Waals surface area (Å²) < 4.78 is 4.78. The number of benzene rings is 1. The standard InChI is InChI=1S/C9H11NO2.CH4/c1-7(12-9(10)11)8-5-3-2-4-6-8;/h2-7H,1H3,(H2,10,11);1H4. The van der Waals surface area contributed by atoms with Crippen LogP contribution in [0.1, 0.15) is 26.0 Å². The Bertz CT molecular complexity index is 259. The molecule has 1 aromatic rings. The molecule has 3 nitrogen and oxygen atoms in total. The van der Waals surface area contributed by atoms with Gasteiger partial charge in [-0.2, -0.15) is 0 Å². The first-order valence-corrected chi connectivity index (χ1v) is 3.71. The number of rotatable bonds is 2. The molecule has 0 heterocycles. The van der Waals surface area contributed by atoms with E-state index in [1.165, 1.54) is 0 Å². The maximum Gasteiger partial charge on any atom is 0.405 e. The molecule has 0 spiro atoms. The average molecular weight is 181 g/mol. The fraction of sp³-hybridized carbons (Fsp3) is 0.300. The van der Waals surface area contributed by atoms with E-state index in [0.717, 1.165) is 5.56 Å². The summed E-state index contributed by atoms with van der Waals surface area (Å²) in [5.41, 5.74) is 5.81. The molecule has 1 amide bonds. The number of hydrogen-bond donors (Lipinski definition) is 1. The maximum absolute atomic E-state index is 10.4. The molecule has 2 N–H and O–H groups in total. The summed E-state index contributed by atoms with van der Waals surface area (Å²) in [4.78, 5) is 10.4. The Kier molecular flexibility index (Phi) is 4.59. The van der Waals surface area contributed by atoms with Crippen molar-refractivity contribution in [3.8, 4) is 0 Å². The maximum atomic E-state index is 10.4. The third-order valence-corrected chi connectivity index (χ3v) is 1.56. The lowest BCUT2D eigenvalue weighted by Crippen LogP contribution is -2.15. The van der Waals surface area contributed by atoms with Crippen LogP contribution in [0.3, 0.4) is 0 Å². The highest BCUT2D eigenvalue weighted by Gasteiger charge is 2.06. The van der Waals surface area contributed by atoms with E-state index in [9.17, 15) is 4.79 Å². The Morgan fingerprint density at radius 2 is 1.92 bits per heavy atom. The zero-order valence-corrected chi connectivity index (χ0v) is 6.86. The van der Waals surface area contributed by atoms with Gasteiger partial charge in [0, 0.05) is 0 Å². The van der Waals surface area contributed by atoms with Crippen molar-refractivity contribution >= 4 is 6.09 Å². The van der Waals surface area contributed by atoms with Crippen LogP contribution < -0.4 is 5.73 Å². The van der Waals surface area contributed by atoms with Crippen molar-refractivity contribution < 1.29 is 9.53 Å². The van der Waals surface area contributed by atoms with Gasteiger partial charge in [-0.1, -0.05) is 37.8 Å². The average Bonchev–Trinajstić information content (AvgIpc) is 2.05. The van der Waals surface area contributed by atoms with Gasteiger partial charge in [0.2, 0.25) is 0 Å². The van der Waals surface area contributed by atoms with E-state index in [1.807, 2.05) is 30.3 Å². The van der Waals surface area contributed by atoms with Gasteiger partial charge >= 0.3 is 6.09 Å². The zero-order valence-electron chi connectivity index (χ0n) is 6.86. The molecular weight excluding hydrogens is 166 g/mol. The second-order valence-corrected chi connectivity index (χ2v) is 2.49. The second kappa shape index (κ2) is 5.19. The summed E-state index contributed by atoms with van der Waals surface area (Å²) in [6.07, 6.45) is -1.02. The highest BCUT2D eigenvalue weighted by Crippen LogP contribution is 2.14. The SMILES string of the molecule is C.CC(OC(N)=O)c1ccccc1. The minimum Gasteiger partial charge on any atom is -0.442 e.